The molecule has 0 amide bonds. The van der Waals surface area contributed by atoms with Gasteiger partial charge in [0.25, 0.3) is 0 Å². The molecule has 1 aromatic carbocycles. The summed E-state index contributed by atoms with van der Waals surface area (Å²) >= 11 is 0. The van der Waals surface area contributed by atoms with Crippen LogP contribution in [0.2, 0.25) is 0 Å². The minimum absolute atomic E-state index is 0.384. The van der Waals surface area contributed by atoms with Crippen LogP contribution in [-0.2, 0) is 0 Å². The van der Waals surface area contributed by atoms with Crippen molar-refractivity contribution in [2.24, 2.45) is 5.92 Å². The van der Waals surface area contributed by atoms with E-state index in [9.17, 15) is 0 Å². The number of rotatable bonds is 6. The van der Waals surface area contributed by atoms with Crippen LogP contribution in [0.25, 0.3) is 11.1 Å². The topological polar surface area (TPSA) is 29.9 Å². The summed E-state index contributed by atoms with van der Waals surface area (Å²) in [5, 5.41) is 8.08. The summed E-state index contributed by atoms with van der Waals surface area (Å²) in [6.45, 7) is 9.80. The lowest BCUT2D eigenvalue weighted by Gasteiger charge is -2.23. The van der Waals surface area contributed by atoms with Crippen LogP contribution in [0.4, 0.5) is 0 Å². The summed E-state index contributed by atoms with van der Waals surface area (Å²) in [7, 11) is 0. The first kappa shape index (κ1) is 14.8. The van der Waals surface area contributed by atoms with Crippen LogP contribution < -0.4 is 5.32 Å². The molecule has 20 heavy (non-hydrogen) atoms. The number of benzene rings is 1. The summed E-state index contributed by atoms with van der Waals surface area (Å²) in [6.07, 6.45) is 4.11. The number of aromatic nitrogens is 2. The van der Waals surface area contributed by atoms with Crippen LogP contribution in [0.15, 0.2) is 42.7 Å². The van der Waals surface area contributed by atoms with Gasteiger partial charge in [-0.2, -0.15) is 5.10 Å². The molecule has 0 saturated carbocycles. The summed E-state index contributed by atoms with van der Waals surface area (Å²) < 4.78 is 2.10. The van der Waals surface area contributed by atoms with Crippen LogP contribution in [0.5, 0.6) is 0 Å². The Morgan fingerprint density at radius 1 is 1.05 bits per heavy atom. The lowest BCUT2D eigenvalue weighted by molar-refractivity contribution is 0.322. The molecule has 2 aromatic rings. The highest BCUT2D eigenvalue weighted by atomic mass is 15.3. The average molecular weight is 271 g/mol. The molecule has 0 radical (unpaired) electrons. The van der Waals surface area contributed by atoms with Gasteiger partial charge in [0.05, 0.1) is 12.2 Å². The second kappa shape index (κ2) is 6.71. The molecule has 0 spiro atoms. The molecule has 0 bridgehead atoms. The Bertz CT molecular complexity index is 514. The van der Waals surface area contributed by atoms with Crippen molar-refractivity contribution in [3.63, 3.8) is 0 Å². The fourth-order valence-corrected chi connectivity index (χ4v) is 2.29. The molecule has 0 aliphatic rings. The fourth-order valence-electron chi connectivity index (χ4n) is 2.29. The zero-order valence-electron chi connectivity index (χ0n) is 12.9. The minimum Gasteiger partial charge on any atom is -0.312 e. The maximum Gasteiger partial charge on any atom is 0.0666 e. The average Bonchev–Trinajstić information content (AvgIpc) is 2.89. The molecule has 0 aliphatic carbocycles. The molecule has 1 aromatic heterocycles. The number of nitrogens with one attached hydrogen (secondary N) is 1. The van der Waals surface area contributed by atoms with E-state index in [1.165, 1.54) is 11.1 Å². The van der Waals surface area contributed by atoms with Gasteiger partial charge in [0, 0.05) is 24.3 Å². The molecule has 1 N–H and O–H groups in total. The van der Waals surface area contributed by atoms with Crippen molar-refractivity contribution in [1.82, 2.24) is 15.1 Å². The van der Waals surface area contributed by atoms with E-state index in [-0.39, 0.29) is 0 Å². The lowest BCUT2D eigenvalue weighted by atomic mass is 10.0. The largest absolute Gasteiger partial charge is 0.312 e. The second-order valence-electron chi connectivity index (χ2n) is 5.95. The Labute approximate surface area is 122 Å². The highest BCUT2D eigenvalue weighted by Gasteiger charge is 2.17. The maximum atomic E-state index is 4.57. The zero-order chi connectivity index (χ0) is 14.5. The third-order valence-electron chi connectivity index (χ3n) is 3.55. The Hall–Kier alpha value is -1.61. The van der Waals surface area contributed by atoms with Gasteiger partial charge in [0.1, 0.15) is 0 Å². The molecule has 2 rings (SSSR count). The molecule has 1 heterocycles. The molecule has 0 aliphatic heterocycles. The second-order valence-corrected chi connectivity index (χ2v) is 5.95. The molecule has 1 unspecified atom stereocenters. The van der Waals surface area contributed by atoms with Crippen molar-refractivity contribution in [2.75, 3.05) is 6.54 Å². The Balaban J connectivity index is 2.16. The van der Waals surface area contributed by atoms with Gasteiger partial charge < -0.3 is 5.32 Å². The van der Waals surface area contributed by atoms with Gasteiger partial charge in [-0.15, -0.1) is 0 Å². The van der Waals surface area contributed by atoms with Crippen LogP contribution in [0.1, 0.15) is 33.7 Å². The summed E-state index contributed by atoms with van der Waals surface area (Å²) in [6, 6.07) is 11.3. The smallest absolute Gasteiger partial charge is 0.0666 e. The van der Waals surface area contributed by atoms with Gasteiger partial charge in [0.15, 0.2) is 0 Å². The van der Waals surface area contributed by atoms with Crippen molar-refractivity contribution < 1.29 is 0 Å². The monoisotopic (exact) mass is 271 g/mol. The molecule has 0 saturated heterocycles. The Morgan fingerprint density at radius 3 is 2.35 bits per heavy atom. The maximum absolute atomic E-state index is 4.57. The van der Waals surface area contributed by atoms with Crippen LogP contribution in [-0.4, -0.2) is 22.4 Å². The van der Waals surface area contributed by atoms with Gasteiger partial charge in [-0.05, 0) is 11.5 Å². The quantitative estimate of drug-likeness (QED) is 0.867. The molecule has 0 fully saturated rings. The standard InChI is InChI=1S/C17H25N3/c1-13(2)17(11-18-14(3)4)20-12-16(10-19-20)15-8-6-5-7-9-15/h5-10,12-14,17-18H,11H2,1-4H3. The van der Waals surface area contributed by atoms with Gasteiger partial charge >= 0.3 is 0 Å². The van der Waals surface area contributed by atoms with E-state index >= 15 is 0 Å². The van der Waals surface area contributed by atoms with E-state index in [2.05, 4.69) is 73.3 Å². The molecular weight excluding hydrogens is 246 g/mol. The Kier molecular flexibility index (Phi) is 4.96. The van der Waals surface area contributed by atoms with Crippen molar-refractivity contribution in [3.8, 4) is 11.1 Å². The third kappa shape index (κ3) is 3.70. The predicted octanol–water partition coefficient (Wildman–Crippen LogP) is 3.75. The molecule has 3 heteroatoms. The summed E-state index contributed by atoms with van der Waals surface area (Å²) in [5.41, 5.74) is 2.40. The van der Waals surface area contributed by atoms with Gasteiger partial charge in [-0.3, -0.25) is 4.68 Å². The minimum atomic E-state index is 0.384. The van der Waals surface area contributed by atoms with Crippen LogP contribution in [0, 0.1) is 5.92 Å². The van der Waals surface area contributed by atoms with Crippen molar-refractivity contribution >= 4 is 0 Å². The van der Waals surface area contributed by atoms with Gasteiger partial charge in [-0.1, -0.05) is 58.0 Å². The molecular formula is C17H25N3. The highest BCUT2D eigenvalue weighted by Crippen LogP contribution is 2.22. The molecule has 108 valence electrons. The lowest BCUT2D eigenvalue weighted by Crippen LogP contribution is -2.33. The first-order chi connectivity index (χ1) is 9.58. The molecule has 1 atom stereocenters. The van der Waals surface area contributed by atoms with E-state index in [1.807, 2.05) is 12.3 Å². The summed E-state index contributed by atoms with van der Waals surface area (Å²) in [5.74, 6) is 0.546. The van der Waals surface area contributed by atoms with E-state index < -0.39 is 0 Å². The van der Waals surface area contributed by atoms with E-state index in [1.54, 1.807) is 0 Å². The van der Waals surface area contributed by atoms with Crippen molar-refractivity contribution in [3.05, 3.63) is 42.7 Å². The first-order valence-corrected chi connectivity index (χ1v) is 7.41. The first-order valence-electron chi connectivity index (χ1n) is 7.41. The van der Waals surface area contributed by atoms with Crippen molar-refractivity contribution in [2.45, 2.75) is 39.8 Å². The highest BCUT2D eigenvalue weighted by molar-refractivity contribution is 5.61. The van der Waals surface area contributed by atoms with E-state index in [0.29, 0.717) is 18.0 Å². The van der Waals surface area contributed by atoms with Crippen LogP contribution >= 0.6 is 0 Å². The SMILES string of the molecule is CC(C)NCC(C(C)C)n1cc(-c2ccccc2)cn1. The van der Waals surface area contributed by atoms with Crippen LogP contribution in [0.3, 0.4) is 0 Å². The summed E-state index contributed by atoms with van der Waals surface area (Å²) in [4.78, 5) is 0. The van der Waals surface area contributed by atoms with E-state index in [4.69, 9.17) is 0 Å². The fraction of sp³-hybridized carbons (Fsp3) is 0.471. The number of hydrogen-bond donors (Lipinski definition) is 1. The molecule has 3 nitrogen and oxygen atoms in total. The third-order valence-corrected chi connectivity index (χ3v) is 3.55. The van der Waals surface area contributed by atoms with Gasteiger partial charge in [0.2, 0.25) is 0 Å². The van der Waals surface area contributed by atoms with Crippen molar-refractivity contribution in [1.29, 1.82) is 0 Å². The van der Waals surface area contributed by atoms with E-state index in [0.717, 1.165) is 6.54 Å². The number of hydrogen-bond acceptors (Lipinski definition) is 2. The predicted molar refractivity (Wildman–Crippen MR) is 84.7 cm³/mol. The normalized spacial score (nSPS) is 13.1. The zero-order valence-corrected chi connectivity index (χ0v) is 12.9. The number of nitrogens with zero attached hydrogens (tertiary/aromatic N) is 2. The Morgan fingerprint density at radius 2 is 1.75 bits per heavy atom. The van der Waals surface area contributed by atoms with Gasteiger partial charge in [-0.25, -0.2) is 0 Å².